The van der Waals surface area contributed by atoms with Crippen molar-refractivity contribution in [3.8, 4) is 0 Å². The number of piperidine rings is 1. The van der Waals surface area contributed by atoms with Crippen LogP contribution in [0.3, 0.4) is 0 Å². The van der Waals surface area contributed by atoms with Crippen molar-refractivity contribution >= 4 is 20.7 Å². The van der Waals surface area contributed by atoms with Crippen LogP contribution < -0.4 is 0 Å². The first-order valence-electron chi connectivity index (χ1n) is 7.50. The molecule has 1 unspecified atom stereocenters. The third kappa shape index (κ3) is 3.57. The fourth-order valence-electron chi connectivity index (χ4n) is 3.95. The van der Waals surface area contributed by atoms with Crippen LogP contribution in [-0.4, -0.2) is 54.0 Å². The van der Waals surface area contributed by atoms with Gasteiger partial charge in [-0.25, -0.2) is 0 Å². The molecule has 0 amide bonds. The zero-order valence-electron chi connectivity index (χ0n) is 13.7. The molecule has 0 aromatic carbocycles. The van der Waals surface area contributed by atoms with Crippen LogP contribution in [0.1, 0.15) is 33.6 Å². The fourth-order valence-corrected chi connectivity index (χ4v) is 5.68. The van der Waals surface area contributed by atoms with Crippen molar-refractivity contribution in [2.45, 2.75) is 51.2 Å². The third-order valence-corrected chi connectivity index (χ3v) is 6.17. The van der Waals surface area contributed by atoms with Crippen LogP contribution in [-0.2, 0) is 4.74 Å². The molecule has 118 valence electrons. The molecule has 1 heterocycles. The number of rotatable bonds is 6. The average Bonchev–Trinajstić information content (AvgIpc) is 2.80. The minimum atomic E-state index is -0.760. The van der Waals surface area contributed by atoms with E-state index in [0.717, 1.165) is 6.61 Å². The molecule has 0 spiro atoms. The molecule has 0 aromatic rings. The highest BCUT2D eigenvalue weighted by Crippen LogP contribution is 2.63. The van der Waals surface area contributed by atoms with Crippen molar-refractivity contribution in [2.75, 3.05) is 31.5 Å². The molecule has 1 saturated heterocycles. The van der Waals surface area contributed by atoms with E-state index in [1.54, 1.807) is 0 Å². The lowest BCUT2D eigenvalue weighted by atomic mass is 10.00. The molecule has 0 N–H and O–H groups in total. The summed E-state index contributed by atoms with van der Waals surface area (Å²) in [4.78, 5) is 2.76. The first-order chi connectivity index (χ1) is 9.09. The van der Waals surface area contributed by atoms with Gasteiger partial charge in [0.2, 0.25) is 0 Å². The molecule has 2 aliphatic rings. The van der Waals surface area contributed by atoms with Crippen LogP contribution in [0.25, 0.3) is 0 Å². The average molecular weight is 318 g/mol. The van der Waals surface area contributed by atoms with Gasteiger partial charge < -0.3 is 4.74 Å². The summed E-state index contributed by atoms with van der Waals surface area (Å²) in [6.45, 7) is 12.4. The summed E-state index contributed by atoms with van der Waals surface area (Å²) in [6.07, 6.45) is 9.05. The SMILES string of the molecule is C=CCOC[C@]12CC(CS(C)(C)S)N(C(C)(C)C)[C@H]1C2. The highest BCUT2D eigenvalue weighted by Gasteiger charge is 2.66. The lowest BCUT2D eigenvalue weighted by Crippen LogP contribution is -2.48. The van der Waals surface area contributed by atoms with Gasteiger partial charge in [0.15, 0.2) is 0 Å². The second-order valence-corrected chi connectivity index (χ2v) is 14.2. The van der Waals surface area contributed by atoms with E-state index in [-0.39, 0.29) is 5.54 Å². The lowest BCUT2D eigenvalue weighted by Gasteiger charge is -2.42. The molecule has 4 heteroatoms. The summed E-state index contributed by atoms with van der Waals surface area (Å²) in [5, 5.41) is 0. The minimum Gasteiger partial charge on any atom is -0.377 e. The second kappa shape index (κ2) is 5.53. The van der Waals surface area contributed by atoms with E-state index in [0.29, 0.717) is 24.1 Å². The highest BCUT2D eigenvalue weighted by molar-refractivity contribution is 8.87. The van der Waals surface area contributed by atoms with Gasteiger partial charge in [-0.3, -0.25) is 4.90 Å². The molecule has 2 fully saturated rings. The van der Waals surface area contributed by atoms with Crippen LogP contribution in [0.2, 0.25) is 0 Å². The summed E-state index contributed by atoms with van der Waals surface area (Å²) in [7, 11) is -0.760. The Morgan fingerprint density at radius 1 is 1.40 bits per heavy atom. The predicted molar refractivity (Wildman–Crippen MR) is 95.1 cm³/mol. The van der Waals surface area contributed by atoms with E-state index < -0.39 is 9.06 Å². The Bertz CT molecular complexity index is 372. The van der Waals surface area contributed by atoms with Crippen LogP contribution in [0.5, 0.6) is 0 Å². The van der Waals surface area contributed by atoms with Crippen LogP contribution >= 0.6 is 20.7 Å². The predicted octanol–water partition coefficient (Wildman–Crippen LogP) is 3.73. The number of hydrogen-bond donors (Lipinski definition) is 1. The molecular weight excluding hydrogens is 286 g/mol. The quantitative estimate of drug-likeness (QED) is 0.347. The largest absolute Gasteiger partial charge is 0.377 e. The van der Waals surface area contributed by atoms with E-state index in [4.69, 9.17) is 16.4 Å². The summed E-state index contributed by atoms with van der Waals surface area (Å²) >= 11 is 4.84. The van der Waals surface area contributed by atoms with Gasteiger partial charge >= 0.3 is 0 Å². The Morgan fingerprint density at radius 2 is 2.05 bits per heavy atom. The summed E-state index contributed by atoms with van der Waals surface area (Å²) < 4.78 is 5.79. The molecule has 2 rings (SSSR count). The van der Waals surface area contributed by atoms with Gasteiger partial charge in [0.25, 0.3) is 0 Å². The van der Waals surface area contributed by atoms with E-state index >= 15 is 0 Å². The Morgan fingerprint density at radius 3 is 2.55 bits per heavy atom. The smallest absolute Gasteiger partial charge is 0.0645 e. The zero-order valence-corrected chi connectivity index (χ0v) is 15.4. The van der Waals surface area contributed by atoms with Gasteiger partial charge in [0.05, 0.1) is 13.2 Å². The Hall–Kier alpha value is 0.360. The van der Waals surface area contributed by atoms with E-state index in [9.17, 15) is 0 Å². The fraction of sp³-hybridized carbons (Fsp3) is 0.875. The maximum absolute atomic E-state index is 5.79. The van der Waals surface area contributed by atoms with Crippen LogP contribution in [0.15, 0.2) is 12.7 Å². The molecule has 3 atom stereocenters. The van der Waals surface area contributed by atoms with Gasteiger partial charge in [-0.15, -0.1) is 18.2 Å². The molecule has 20 heavy (non-hydrogen) atoms. The summed E-state index contributed by atoms with van der Waals surface area (Å²) in [5.74, 6) is 1.23. The minimum absolute atomic E-state index is 0.241. The van der Waals surface area contributed by atoms with E-state index in [1.807, 2.05) is 6.08 Å². The molecule has 1 aliphatic carbocycles. The van der Waals surface area contributed by atoms with E-state index in [1.165, 1.54) is 18.6 Å². The normalized spacial score (nSPS) is 34.9. The van der Waals surface area contributed by atoms with Gasteiger partial charge in [-0.1, -0.05) is 6.08 Å². The molecule has 0 radical (unpaired) electrons. The Labute approximate surface area is 131 Å². The topological polar surface area (TPSA) is 12.5 Å². The summed E-state index contributed by atoms with van der Waals surface area (Å²) in [6, 6.07) is 1.39. The number of hydrogen-bond acceptors (Lipinski definition) is 3. The van der Waals surface area contributed by atoms with Crippen LogP contribution in [0, 0.1) is 5.41 Å². The Kier molecular flexibility index (Phi) is 4.62. The van der Waals surface area contributed by atoms with Gasteiger partial charge in [-0.2, -0.15) is 9.06 Å². The van der Waals surface area contributed by atoms with Crippen molar-refractivity contribution < 1.29 is 4.74 Å². The van der Waals surface area contributed by atoms with Crippen molar-refractivity contribution in [3.63, 3.8) is 0 Å². The van der Waals surface area contributed by atoms with Crippen molar-refractivity contribution in [1.82, 2.24) is 4.90 Å². The van der Waals surface area contributed by atoms with Crippen LogP contribution in [0.4, 0.5) is 0 Å². The number of ether oxygens (including phenoxy) is 1. The molecule has 1 aliphatic heterocycles. The Balaban J connectivity index is 2.07. The first-order valence-corrected chi connectivity index (χ1v) is 11.2. The third-order valence-electron chi connectivity index (χ3n) is 4.52. The summed E-state index contributed by atoms with van der Waals surface area (Å²) in [5.41, 5.74) is 0.657. The standard InChI is InChI=1S/C16H31NOS2/c1-7-8-18-12-16-9-13(11-20(5,6)19)17(14(16)10-16)15(2,3)4/h7,13-14,19H,1,8-12H2,2-6H3/t13?,14-,16+/m0/s1. The number of fused-ring (bicyclic) bond motifs is 1. The number of likely N-dealkylation sites (tertiary alicyclic amines) is 1. The van der Waals surface area contributed by atoms with Gasteiger partial charge in [0, 0.05) is 28.8 Å². The molecule has 2 nitrogen and oxygen atoms in total. The van der Waals surface area contributed by atoms with E-state index in [2.05, 4.69) is 44.8 Å². The highest BCUT2D eigenvalue weighted by atomic mass is 33.1. The maximum atomic E-state index is 5.79. The zero-order chi connectivity index (χ0) is 15.2. The maximum Gasteiger partial charge on any atom is 0.0645 e. The number of nitrogens with zero attached hydrogens (tertiary/aromatic N) is 1. The lowest BCUT2D eigenvalue weighted by molar-refractivity contribution is 0.101. The number of thiol groups is 1. The van der Waals surface area contributed by atoms with Gasteiger partial charge in [-0.05, 0) is 46.1 Å². The molecule has 1 saturated carbocycles. The monoisotopic (exact) mass is 317 g/mol. The van der Waals surface area contributed by atoms with Crippen molar-refractivity contribution in [1.29, 1.82) is 0 Å². The molecule has 0 bridgehead atoms. The van der Waals surface area contributed by atoms with Gasteiger partial charge in [0.1, 0.15) is 0 Å². The van der Waals surface area contributed by atoms with Crippen molar-refractivity contribution in [3.05, 3.63) is 12.7 Å². The second-order valence-electron chi connectivity index (χ2n) is 7.97. The first kappa shape index (κ1) is 16.7. The van der Waals surface area contributed by atoms with Crippen molar-refractivity contribution in [2.24, 2.45) is 5.41 Å². The molecule has 0 aromatic heterocycles. The molecular formula is C16H31NOS2.